The summed E-state index contributed by atoms with van der Waals surface area (Å²) >= 11 is 0. The fourth-order valence-electron chi connectivity index (χ4n) is 3.54. The van der Waals surface area contributed by atoms with E-state index >= 15 is 0 Å². The van der Waals surface area contributed by atoms with Crippen LogP contribution in [0.15, 0.2) is 35.3 Å². The van der Waals surface area contributed by atoms with Crippen LogP contribution in [0, 0.1) is 13.8 Å². The molecule has 2 aromatic rings. The third-order valence-electron chi connectivity index (χ3n) is 5.30. The topological polar surface area (TPSA) is 57.5 Å². The molecule has 0 spiro atoms. The molecule has 0 radical (unpaired) electrons. The summed E-state index contributed by atoms with van der Waals surface area (Å²) in [6.45, 7) is 15.0. The van der Waals surface area contributed by atoms with Gasteiger partial charge in [0, 0.05) is 31.4 Å². The van der Waals surface area contributed by atoms with Gasteiger partial charge in [0.2, 0.25) is 0 Å². The van der Waals surface area contributed by atoms with Crippen LogP contribution in [0.1, 0.15) is 49.3 Å². The Hall–Kier alpha value is -1.61. The van der Waals surface area contributed by atoms with Gasteiger partial charge in [-0.15, -0.1) is 24.0 Å². The van der Waals surface area contributed by atoms with Crippen molar-refractivity contribution in [1.82, 2.24) is 25.3 Å². The standard InChI is InChI=1S/C22H36N6.HI/c1-7-23-22(24-15-20-17(4)26-27(6)18(20)5)25-16-21(28(8-2)9-3)19-13-11-10-12-14-19;/h10-14,21H,7-9,15-16H2,1-6H3,(H2,23,24,25);1H. The molecule has 2 N–H and O–H groups in total. The van der Waals surface area contributed by atoms with Crippen LogP contribution in [0.3, 0.4) is 0 Å². The molecule has 0 aliphatic carbocycles. The normalized spacial score (nSPS) is 12.6. The number of nitrogens with one attached hydrogen (secondary N) is 2. The lowest BCUT2D eigenvalue weighted by Crippen LogP contribution is -2.43. The molecular formula is C22H37IN6. The van der Waals surface area contributed by atoms with E-state index in [4.69, 9.17) is 4.99 Å². The average molecular weight is 512 g/mol. The molecule has 0 fully saturated rings. The lowest BCUT2D eigenvalue weighted by Gasteiger charge is -2.30. The molecule has 6 nitrogen and oxygen atoms in total. The first-order chi connectivity index (χ1) is 13.5. The van der Waals surface area contributed by atoms with E-state index in [1.165, 1.54) is 16.8 Å². The first-order valence-electron chi connectivity index (χ1n) is 10.3. The zero-order valence-electron chi connectivity index (χ0n) is 18.7. The van der Waals surface area contributed by atoms with Gasteiger partial charge in [-0.25, -0.2) is 4.99 Å². The SMILES string of the molecule is CCNC(=NCc1c(C)nn(C)c1C)NCC(c1ccccc1)N(CC)CC.I. The molecule has 29 heavy (non-hydrogen) atoms. The van der Waals surface area contributed by atoms with Gasteiger partial charge in [-0.1, -0.05) is 44.2 Å². The van der Waals surface area contributed by atoms with Crippen molar-refractivity contribution < 1.29 is 0 Å². The summed E-state index contributed by atoms with van der Waals surface area (Å²) in [7, 11) is 1.98. The van der Waals surface area contributed by atoms with Crippen LogP contribution in [0.5, 0.6) is 0 Å². The van der Waals surface area contributed by atoms with Gasteiger partial charge in [-0.2, -0.15) is 5.10 Å². The molecule has 7 heteroatoms. The van der Waals surface area contributed by atoms with E-state index in [1.54, 1.807) is 0 Å². The fraction of sp³-hybridized carbons (Fsp3) is 0.545. The van der Waals surface area contributed by atoms with Crippen molar-refractivity contribution in [3.63, 3.8) is 0 Å². The highest BCUT2D eigenvalue weighted by atomic mass is 127. The molecule has 0 saturated heterocycles. The van der Waals surface area contributed by atoms with Crippen LogP contribution in [0.4, 0.5) is 0 Å². The fourth-order valence-corrected chi connectivity index (χ4v) is 3.54. The van der Waals surface area contributed by atoms with Crippen molar-refractivity contribution in [3.05, 3.63) is 52.8 Å². The van der Waals surface area contributed by atoms with Crippen LogP contribution >= 0.6 is 24.0 Å². The number of guanidine groups is 1. The first kappa shape index (κ1) is 25.4. The molecule has 2 rings (SSSR count). The summed E-state index contributed by atoms with van der Waals surface area (Å²) < 4.78 is 1.92. The molecular weight excluding hydrogens is 475 g/mol. The van der Waals surface area contributed by atoms with Crippen molar-refractivity contribution >= 4 is 29.9 Å². The highest BCUT2D eigenvalue weighted by Gasteiger charge is 2.18. The van der Waals surface area contributed by atoms with Gasteiger partial charge >= 0.3 is 0 Å². The van der Waals surface area contributed by atoms with Crippen molar-refractivity contribution in [2.75, 3.05) is 26.2 Å². The Kier molecular flexibility index (Phi) is 11.3. The predicted octanol–water partition coefficient (Wildman–Crippen LogP) is 3.79. The summed E-state index contributed by atoms with van der Waals surface area (Å²) in [6.07, 6.45) is 0. The van der Waals surface area contributed by atoms with Crippen LogP contribution in [0.25, 0.3) is 0 Å². The van der Waals surface area contributed by atoms with E-state index in [1.807, 2.05) is 18.7 Å². The predicted molar refractivity (Wildman–Crippen MR) is 133 cm³/mol. The number of aryl methyl sites for hydroxylation is 2. The third-order valence-corrected chi connectivity index (χ3v) is 5.30. The van der Waals surface area contributed by atoms with Gasteiger partial charge in [0.1, 0.15) is 0 Å². The average Bonchev–Trinajstić information content (AvgIpc) is 2.95. The highest BCUT2D eigenvalue weighted by molar-refractivity contribution is 14.0. The lowest BCUT2D eigenvalue weighted by atomic mass is 10.1. The van der Waals surface area contributed by atoms with Crippen molar-refractivity contribution in [2.45, 2.75) is 47.2 Å². The van der Waals surface area contributed by atoms with E-state index in [0.29, 0.717) is 12.6 Å². The molecule has 0 aliphatic rings. The number of hydrogen-bond donors (Lipinski definition) is 2. The lowest BCUT2D eigenvalue weighted by molar-refractivity contribution is 0.219. The van der Waals surface area contributed by atoms with Crippen LogP contribution in [-0.4, -0.2) is 46.8 Å². The Balaban J connectivity index is 0.00000420. The van der Waals surface area contributed by atoms with Gasteiger partial charge in [0.25, 0.3) is 0 Å². The maximum Gasteiger partial charge on any atom is 0.191 e. The van der Waals surface area contributed by atoms with E-state index in [0.717, 1.165) is 37.8 Å². The van der Waals surface area contributed by atoms with Crippen molar-refractivity contribution in [3.8, 4) is 0 Å². The molecule has 0 aliphatic heterocycles. The number of nitrogens with zero attached hydrogens (tertiary/aromatic N) is 4. The Morgan fingerprint density at radius 3 is 2.28 bits per heavy atom. The molecule has 1 heterocycles. The van der Waals surface area contributed by atoms with E-state index < -0.39 is 0 Å². The molecule has 162 valence electrons. The zero-order chi connectivity index (χ0) is 20.5. The molecule has 1 aromatic carbocycles. The van der Waals surface area contributed by atoms with Gasteiger partial charge in [0.15, 0.2) is 5.96 Å². The number of likely N-dealkylation sites (N-methyl/N-ethyl adjacent to an activating group) is 1. The minimum atomic E-state index is 0. The minimum absolute atomic E-state index is 0. The van der Waals surface area contributed by atoms with Gasteiger partial charge in [-0.3, -0.25) is 9.58 Å². The number of hydrogen-bond acceptors (Lipinski definition) is 3. The highest BCUT2D eigenvalue weighted by Crippen LogP contribution is 2.19. The smallest absolute Gasteiger partial charge is 0.191 e. The van der Waals surface area contributed by atoms with E-state index in [2.05, 4.69) is 78.7 Å². The number of halogens is 1. The Labute approximate surface area is 193 Å². The molecule has 1 aromatic heterocycles. The number of aromatic nitrogens is 2. The second kappa shape index (κ2) is 12.8. The Bertz CT molecular complexity index is 752. The van der Waals surface area contributed by atoms with E-state index in [-0.39, 0.29) is 24.0 Å². The molecule has 0 saturated carbocycles. The minimum Gasteiger partial charge on any atom is -0.357 e. The summed E-state index contributed by atoms with van der Waals surface area (Å²) in [5, 5.41) is 11.4. The summed E-state index contributed by atoms with van der Waals surface area (Å²) in [6, 6.07) is 11.0. The summed E-state index contributed by atoms with van der Waals surface area (Å²) in [5.74, 6) is 0.846. The molecule has 1 unspecified atom stereocenters. The van der Waals surface area contributed by atoms with Crippen LogP contribution in [-0.2, 0) is 13.6 Å². The van der Waals surface area contributed by atoms with Crippen LogP contribution in [0.2, 0.25) is 0 Å². The largest absolute Gasteiger partial charge is 0.357 e. The summed E-state index contributed by atoms with van der Waals surface area (Å²) in [5.41, 5.74) is 4.74. The van der Waals surface area contributed by atoms with Crippen molar-refractivity contribution in [1.29, 1.82) is 0 Å². The maximum absolute atomic E-state index is 4.82. The van der Waals surface area contributed by atoms with Crippen molar-refractivity contribution in [2.24, 2.45) is 12.0 Å². The number of rotatable bonds is 9. The van der Waals surface area contributed by atoms with Crippen LogP contribution < -0.4 is 10.6 Å². The molecule has 1 atom stereocenters. The second-order valence-electron chi connectivity index (χ2n) is 7.00. The maximum atomic E-state index is 4.82. The van der Waals surface area contributed by atoms with Gasteiger partial charge in [0.05, 0.1) is 18.3 Å². The zero-order valence-corrected chi connectivity index (χ0v) is 21.0. The molecule has 0 bridgehead atoms. The van der Waals surface area contributed by atoms with Gasteiger partial charge in [-0.05, 0) is 39.4 Å². The third kappa shape index (κ3) is 6.99. The first-order valence-corrected chi connectivity index (χ1v) is 10.3. The summed E-state index contributed by atoms with van der Waals surface area (Å²) in [4.78, 5) is 7.29. The van der Waals surface area contributed by atoms with Gasteiger partial charge < -0.3 is 10.6 Å². The monoisotopic (exact) mass is 512 g/mol. The molecule has 0 amide bonds. The Morgan fingerprint density at radius 2 is 1.76 bits per heavy atom. The Morgan fingerprint density at radius 1 is 1.10 bits per heavy atom. The quantitative estimate of drug-likeness (QED) is 0.305. The number of aliphatic imine (C=N–C) groups is 1. The second-order valence-corrected chi connectivity index (χ2v) is 7.00. The van der Waals surface area contributed by atoms with E-state index in [9.17, 15) is 0 Å². The number of benzene rings is 1.